The predicted octanol–water partition coefficient (Wildman–Crippen LogP) is 1.72. The van der Waals surface area contributed by atoms with Gasteiger partial charge in [-0.25, -0.2) is 0 Å². The fourth-order valence-corrected chi connectivity index (χ4v) is 2.80. The number of carbonyl (C=O) groups excluding carboxylic acids is 2. The van der Waals surface area contributed by atoms with E-state index in [4.69, 9.17) is 9.84 Å². The molecule has 0 aromatic carbocycles. The Bertz CT molecular complexity index is 344. The number of ether oxygens (including phenoxy) is 1. The molecule has 2 unspecified atom stereocenters. The Labute approximate surface area is 108 Å². The smallest absolute Gasteiger partial charge is 0.311 e. The van der Waals surface area contributed by atoms with E-state index < -0.39 is 5.41 Å². The zero-order valence-corrected chi connectivity index (χ0v) is 11.3. The van der Waals surface area contributed by atoms with Crippen molar-refractivity contribution in [3.8, 4) is 0 Å². The molecule has 1 N–H and O–H groups in total. The minimum absolute atomic E-state index is 0.0146. The number of aliphatic hydroxyl groups excluding tert-OH is 1. The van der Waals surface area contributed by atoms with Crippen LogP contribution in [0.3, 0.4) is 0 Å². The summed E-state index contributed by atoms with van der Waals surface area (Å²) in [5.74, 6) is -0.180. The summed E-state index contributed by atoms with van der Waals surface area (Å²) in [6.07, 6.45) is 5.30. The molecule has 0 bridgehead atoms. The van der Waals surface area contributed by atoms with Gasteiger partial charge in [0.05, 0.1) is 19.1 Å². The minimum atomic E-state index is -0.640. The van der Waals surface area contributed by atoms with Crippen molar-refractivity contribution in [2.75, 3.05) is 13.7 Å². The molecule has 0 saturated heterocycles. The van der Waals surface area contributed by atoms with Gasteiger partial charge in [0, 0.05) is 12.3 Å². The summed E-state index contributed by atoms with van der Waals surface area (Å²) in [4.78, 5) is 23.7. The standard InChI is InChI=1S/C14H22O4/c1-14(2,13(17)18-3)11-7-8-12(16)10(11)6-4-5-9-15/h4-5,10-11,15H,6-9H2,1-3H3/b5-4-. The summed E-state index contributed by atoms with van der Waals surface area (Å²) in [5, 5.41) is 8.71. The van der Waals surface area contributed by atoms with E-state index in [1.807, 2.05) is 19.9 Å². The number of ketones is 1. The lowest BCUT2D eigenvalue weighted by Gasteiger charge is -2.32. The summed E-state index contributed by atoms with van der Waals surface area (Å²) in [5.41, 5.74) is -0.640. The van der Waals surface area contributed by atoms with Crippen LogP contribution in [0.2, 0.25) is 0 Å². The molecule has 1 aliphatic rings. The number of Topliss-reactive ketones (excluding diaryl/α,β-unsaturated/α-hetero) is 1. The molecule has 102 valence electrons. The molecule has 1 aliphatic carbocycles. The van der Waals surface area contributed by atoms with Gasteiger partial charge >= 0.3 is 5.97 Å². The fraction of sp³-hybridized carbons (Fsp3) is 0.714. The highest BCUT2D eigenvalue weighted by atomic mass is 16.5. The van der Waals surface area contributed by atoms with Crippen LogP contribution in [0, 0.1) is 17.3 Å². The Morgan fingerprint density at radius 1 is 1.50 bits per heavy atom. The van der Waals surface area contributed by atoms with Crippen molar-refractivity contribution in [1.29, 1.82) is 0 Å². The molecular weight excluding hydrogens is 232 g/mol. The molecule has 0 heterocycles. The van der Waals surface area contributed by atoms with Crippen molar-refractivity contribution in [3.05, 3.63) is 12.2 Å². The highest BCUT2D eigenvalue weighted by Gasteiger charge is 2.47. The summed E-state index contributed by atoms with van der Waals surface area (Å²) >= 11 is 0. The molecule has 2 atom stereocenters. The van der Waals surface area contributed by atoms with Crippen molar-refractivity contribution < 1.29 is 19.4 Å². The average molecular weight is 254 g/mol. The number of esters is 1. The van der Waals surface area contributed by atoms with E-state index in [0.29, 0.717) is 12.8 Å². The minimum Gasteiger partial charge on any atom is -0.469 e. The van der Waals surface area contributed by atoms with E-state index in [9.17, 15) is 9.59 Å². The molecule has 18 heavy (non-hydrogen) atoms. The van der Waals surface area contributed by atoms with Gasteiger partial charge in [-0.15, -0.1) is 0 Å². The lowest BCUT2D eigenvalue weighted by Crippen LogP contribution is -2.37. The Kier molecular flexibility index (Phi) is 5.08. The SMILES string of the molecule is COC(=O)C(C)(C)C1CCC(=O)C1C/C=C\CO. The van der Waals surface area contributed by atoms with Gasteiger partial charge in [0.15, 0.2) is 0 Å². The quantitative estimate of drug-likeness (QED) is 0.599. The summed E-state index contributed by atoms with van der Waals surface area (Å²) < 4.78 is 4.83. The van der Waals surface area contributed by atoms with Gasteiger partial charge in [-0.2, -0.15) is 0 Å². The molecule has 0 aromatic heterocycles. The van der Waals surface area contributed by atoms with Crippen molar-refractivity contribution in [3.63, 3.8) is 0 Å². The lowest BCUT2D eigenvalue weighted by molar-refractivity contribution is -0.155. The van der Waals surface area contributed by atoms with E-state index in [-0.39, 0.29) is 30.2 Å². The first-order valence-electron chi connectivity index (χ1n) is 6.32. The normalized spacial score (nSPS) is 24.8. The first-order valence-corrected chi connectivity index (χ1v) is 6.32. The number of rotatable bonds is 5. The number of hydrogen-bond acceptors (Lipinski definition) is 4. The number of aliphatic hydroxyl groups is 1. The summed E-state index contributed by atoms with van der Waals surface area (Å²) in [6.45, 7) is 3.65. The van der Waals surface area contributed by atoms with E-state index in [1.54, 1.807) is 6.08 Å². The molecule has 1 rings (SSSR count). The van der Waals surface area contributed by atoms with Gasteiger partial charge < -0.3 is 9.84 Å². The molecule has 0 spiro atoms. The Hall–Kier alpha value is -1.16. The highest BCUT2D eigenvalue weighted by molar-refractivity contribution is 5.86. The van der Waals surface area contributed by atoms with Crippen LogP contribution in [0.25, 0.3) is 0 Å². The maximum absolute atomic E-state index is 11.9. The first kappa shape index (κ1) is 14.9. The second-order valence-corrected chi connectivity index (χ2v) is 5.32. The third-order valence-electron chi connectivity index (χ3n) is 3.90. The van der Waals surface area contributed by atoms with Crippen molar-refractivity contribution >= 4 is 11.8 Å². The third kappa shape index (κ3) is 2.99. The van der Waals surface area contributed by atoms with Crippen LogP contribution in [0.5, 0.6) is 0 Å². The van der Waals surface area contributed by atoms with Crippen LogP contribution in [-0.2, 0) is 14.3 Å². The first-order chi connectivity index (χ1) is 8.45. The Morgan fingerprint density at radius 3 is 2.72 bits per heavy atom. The third-order valence-corrected chi connectivity index (χ3v) is 3.90. The molecular formula is C14H22O4. The lowest BCUT2D eigenvalue weighted by atomic mass is 9.72. The van der Waals surface area contributed by atoms with Crippen LogP contribution < -0.4 is 0 Å². The molecule has 1 fully saturated rings. The molecule has 0 aromatic rings. The largest absolute Gasteiger partial charge is 0.469 e. The van der Waals surface area contributed by atoms with Crippen molar-refractivity contribution in [2.24, 2.45) is 17.3 Å². The van der Waals surface area contributed by atoms with Gasteiger partial charge in [0.25, 0.3) is 0 Å². The molecule has 0 amide bonds. The van der Waals surface area contributed by atoms with Gasteiger partial charge in [0.1, 0.15) is 5.78 Å². The van der Waals surface area contributed by atoms with Gasteiger partial charge in [-0.05, 0) is 32.6 Å². The van der Waals surface area contributed by atoms with Crippen LogP contribution in [-0.4, -0.2) is 30.6 Å². The second-order valence-electron chi connectivity index (χ2n) is 5.32. The van der Waals surface area contributed by atoms with Crippen LogP contribution in [0.15, 0.2) is 12.2 Å². The van der Waals surface area contributed by atoms with Crippen molar-refractivity contribution in [2.45, 2.75) is 33.1 Å². The molecule has 4 heteroatoms. The predicted molar refractivity (Wildman–Crippen MR) is 67.9 cm³/mol. The number of hydrogen-bond donors (Lipinski definition) is 1. The molecule has 0 aliphatic heterocycles. The van der Waals surface area contributed by atoms with Crippen molar-refractivity contribution in [1.82, 2.24) is 0 Å². The average Bonchev–Trinajstić information content (AvgIpc) is 2.71. The van der Waals surface area contributed by atoms with E-state index in [1.165, 1.54) is 7.11 Å². The van der Waals surface area contributed by atoms with Gasteiger partial charge in [0.2, 0.25) is 0 Å². The summed E-state index contributed by atoms with van der Waals surface area (Å²) in [7, 11) is 1.38. The molecule has 4 nitrogen and oxygen atoms in total. The van der Waals surface area contributed by atoms with E-state index in [0.717, 1.165) is 6.42 Å². The van der Waals surface area contributed by atoms with E-state index >= 15 is 0 Å². The molecule has 0 radical (unpaired) electrons. The van der Waals surface area contributed by atoms with Gasteiger partial charge in [-0.1, -0.05) is 12.2 Å². The van der Waals surface area contributed by atoms with Gasteiger partial charge in [-0.3, -0.25) is 9.59 Å². The number of carbonyl (C=O) groups is 2. The second kappa shape index (κ2) is 6.14. The summed E-state index contributed by atoms with van der Waals surface area (Å²) in [6, 6.07) is 0. The fourth-order valence-electron chi connectivity index (χ4n) is 2.80. The zero-order chi connectivity index (χ0) is 13.8. The maximum atomic E-state index is 11.9. The zero-order valence-electron chi connectivity index (χ0n) is 11.3. The van der Waals surface area contributed by atoms with Crippen LogP contribution in [0.4, 0.5) is 0 Å². The number of methoxy groups -OCH3 is 1. The number of allylic oxidation sites excluding steroid dienone is 1. The van der Waals surface area contributed by atoms with Crippen LogP contribution >= 0.6 is 0 Å². The highest BCUT2D eigenvalue weighted by Crippen LogP contribution is 2.44. The monoisotopic (exact) mass is 254 g/mol. The Morgan fingerprint density at radius 2 is 2.17 bits per heavy atom. The molecule has 1 saturated carbocycles. The maximum Gasteiger partial charge on any atom is 0.311 e. The topological polar surface area (TPSA) is 63.6 Å². The van der Waals surface area contributed by atoms with Crippen LogP contribution in [0.1, 0.15) is 33.1 Å². The Balaban J connectivity index is 2.83. The van der Waals surface area contributed by atoms with E-state index in [2.05, 4.69) is 0 Å².